The lowest BCUT2D eigenvalue weighted by Crippen LogP contribution is -2.48. The first-order valence-electron chi connectivity index (χ1n) is 4.28. The zero-order valence-corrected chi connectivity index (χ0v) is 7.34. The standard InChI is InChI=1S/C8H11F3O3/c9-8(10,11)7(14)3-1-5(2-4-7)6(12)13/h5,14H,1-4H2,(H,12,13)/t5-,7+. The van der Waals surface area contributed by atoms with Crippen LogP contribution in [0.1, 0.15) is 25.7 Å². The predicted molar refractivity (Wildman–Crippen MR) is 40.6 cm³/mol. The van der Waals surface area contributed by atoms with Crippen LogP contribution in [0.3, 0.4) is 0 Å². The minimum atomic E-state index is -4.66. The highest BCUT2D eigenvalue weighted by atomic mass is 19.4. The van der Waals surface area contributed by atoms with Crippen molar-refractivity contribution in [3.8, 4) is 0 Å². The quantitative estimate of drug-likeness (QED) is 0.693. The Hall–Kier alpha value is -0.780. The van der Waals surface area contributed by atoms with Gasteiger partial charge in [-0.1, -0.05) is 0 Å². The van der Waals surface area contributed by atoms with Crippen molar-refractivity contribution >= 4 is 5.97 Å². The van der Waals surface area contributed by atoms with Gasteiger partial charge in [0.25, 0.3) is 0 Å². The Labute approximate surface area is 78.5 Å². The summed E-state index contributed by atoms with van der Waals surface area (Å²) < 4.78 is 36.8. The van der Waals surface area contributed by atoms with Crippen molar-refractivity contribution in [1.29, 1.82) is 0 Å². The number of aliphatic carboxylic acids is 1. The first kappa shape index (κ1) is 11.3. The molecule has 0 aliphatic heterocycles. The third-order valence-corrected chi connectivity index (χ3v) is 2.69. The van der Waals surface area contributed by atoms with Gasteiger partial charge in [0.1, 0.15) is 0 Å². The van der Waals surface area contributed by atoms with Gasteiger partial charge in [-0.2, -0.15) is 13.2 Å². The first-order chi connectivity index (χ1) is 6.26. The second-order valence-corrected chi connectivity index (χ2v) is 3.64. The van der Waals surface area contributed by atoms with Crippen LogP contribution in [-0.4, -0.2) is 28.0 Å². The summed E-state index contributed by atoms with van der Waals surface area (Å²) >= 11 is 0. The molecule has 1 fully saturated rings. The molecule has 0 aromatic carbocycles. The molecule has 0 aromatic rings. The van der Waals surface area contributed by atoms with Gasteiger partial charge < -0.3 is 10.2 Å². The van der Waals surface area contributed by atoms with E-state index in [0.717, 1.165) is 0 Å². The van der Waals surface area contributed by atoms with Crippen molar-refractivity contribution in [3.05, 3.63) is 0 Å². The van der Waals surface area contributed by atoms with Crippen molar-refractivity contribution in [3.63, 3.8) is 0 Å². The maximum absolute atomic E-state index is 12.3. The summed E-state index contributed by atoms with van der Waals surface area (Å²) in [7, 11) is 0. The largest absolute Gasteiger partial charge is 0.481 e. The summed E-state index contributed by atoms with van der Waals surface area (Å²) in [4.78, 5) is 10.5. The Bertz CT molecular complexity index is 228. The zero-order valence-electron chi connectivity index (χ0n) is 7.34. The maximum atomic E-state index is 12.3. The number of carbonyl (C=O) groups is 1. The van der Waals surface area contributed by atoms with Gasteiger partial charge in [0.15, 0.2) is 5.60 Å². The Kier molecular flexibility index (Phi) is 2.76. The molecule has 82 valence electrons. The molecule has 3 nitrogen and oxygen atoms in total. The number of carboxylic acid groups (broad SMARTS) is 1. The van der Waals surface area contributed by atoms with E-state index in [-0.39, 0.29) is 12.8 Å². The lowest BCUT2D eigenvalue weighted by atomic mass is 9.78. The lowest BCUT2D eigenvalue weighted by molar-refractivity contribution is -0.271. The van der Waals surface area contributed by atoms with Crippen LogP contribution in [0.4, 0.5) is 13.2 Å². The molecule has 0 amide bonds. The summed E-state index contributed by atoms with van der Waals surface area (Å²) in [6.07, 6.45) is -5.94. The molecule has 0 heterocycles. The minimum absolute atomic E-state index is 0.120. The molecule has 1 aliphatic rings. The molecule has 0 radical (unpaired) electrons. The average molecular weight is 212 g/mol. The zero-order chi connectivity index (χ0) is 11.0. The third kappa shape index (κ3) is 2.00. The number of hydrogen-bond donors (Lipinski definition) is 2. The topological polar surface area (TPSA) is 57.5 Å². The highest BCUT2D eigenvalue weighted by molar-refractivity contribution is 5.70. The predicted octanol–water partition coefficient (Wildman–Crippen LogP) is 1.55. The van der Waals surface area contributed by atoms with Gasteiger partial charge in [-0.15, -0.1) is 0 Å². The summed E-state index contributed by atoms with van der Waals surface area (Å²) in [5.41, 5.74) is -2.68. The Morgan fingerprint density at radius 1 is 1.29 bits per heavy atom. The van der Waals surface area contributed by atoms with Crippen LogP contribution in [0.5, 0.6) is 0 Å². The van der Waals surface area contributed by atoms with Gasteiger partial charge in [0, 0.05) is 0 Å². The van der Waals surface area contributed by atoms with E-state index in [1.165, 1.54) is 0 Å². The fourth-order valence-electron chi connectivity index (χ4n) is 1.63. The van der Waals surface area contributed by atoms with Crippen molar-refractivity contribution in [1.82, 2.24) is 0 Å². The molecule has 6 heteroatoms. The van der Waals surface area contributed by atoms with Crippen molar-refractivity contribution < 1.29 is 28.2 Å². The van der Waals surface area contributed by atoms with Gasteiger partial charge in [-0.3, -0.25) is 4.79 Å². The fourth-order valence-corrected chi connectivity index (χ4v) is 1.63. The van der Waals surface area contributed by atoms with Crippen molar-refractivity contribution in [2.45, 2.75) is 37.5 Å². The molecule has 1 saturated carbocycles. The molecule has 2 N–H and O–H groups in total. The number of halogens is 3. The van der Waals surface area contributed by atoms with E-state index in [4.69, 9.17) is 5.11 Å². The van der Waals surface area contributed by atoms with E-state index in [2.05, 4.69) is 0 Å². The van der Waals surface area contributed by atoms with Crippen LogP contribution in [-0.2, 0) is 4.79 Å². The van der Waals surface area contributed by atoms with Gasteiger partial charge >= 0.3 is 12.1 Å². The van der Waals surface area contributed by atoms with Crippen molar-refractivity contribution in [2.75, 3.05) is 0 Å². The number of aliphatic hydroxyl groups is 1. The Morgan fingerprint density at radius 2 is 1.71 bits per heavy atom. The van der Waals surface area contributed by atoms with Gasteiger partial charge in [-0.25, -0.2) is 0 Å². The van der Waals surface area contributed by atoms with E-state index in [1.807, 2.05) is 0 Å². The molecule has 1 rings (SSSR count). The fraction of sp³-hybridized carbons (Fsp3) is 0.875. The van der Waals surface area contributed by atoms with E-state index in [0.29, 0.717) is 0 Å². The molecular formula is C8H11F3O3. The number of carboxylic acids is 1. The maximum Gasteiger partial charge on any atom is 0.417 e. The summed E-state index contributed by atoms with van der Waals surface area (Å²) in [6.45, 7) is 0. The summed E-state index contributed by atoms with van der Waals surface area (Å²) in [5, 5.41) is 17.7. The SMILES string of the molecule is O=C(O)[C@H]1CC[C@](O)(C(F)(F)F)CC1. The second kappa shape index (κ2) is 3.42. The van der Waals surface area contributed by atoms with Crippen LogP contribution < -0.4 is 0 Å². The molecule has 0 unspecified atom stereocenters. The van der Waals surface area contributed by atoms with E-state index < -0.39 is 36.5 Å². The molecule has 14 heavy (non-hydrogen) atoms. The van der Waals surface area contributed by atoms with Crippen LogP contribution >= 0.6 is 0 Å². The highest BCUT2D eigenvalue weighted by Crippen LogP contribution is 2.42. The molecule has 0 bridgehead atoms. The molecule has 0 aromatic heterocycles. The smallest absolute Gasteiger partial charge is 0.417 e. The van der Waals surface area contributed by atoms with E-state index in [1.54, 1.807) is 0 Å². The average Bonchev–Trinajstić information content (AvgIpc) is 2.03. The normalized spacial score (nSPS) is 34.1. The molecule has 0 saturated heterocycles. The van der Waals surface area contributed by atoms with Crippen molar-refractivity contribution in [2.24, 2.45) is 5.92 Å². The summed E-state index contributed by atoms with van der Waals surface area (Å²) in [6, 6.07) is 0. The highest BCUT2D eigenvalue weighted by Gasteiger charge is 2.55. The van der Waals surface area contributed by atoms with Gasteiger partial charge in [0.05, 0.1) is 5.92 Å². The van der Waals surface area contributed by atoms with E-state index in [9.17, 15) is 23.1 Å². The van der Waals surface area contributed by atoms with Crippen LogP contribution in [0, 0.1) is 5.92 Å². The minimum Gasteiger partial charge on any atom is -0.481 e. The molecule has 1 aliphatic carbocycles. The van der Waals surface area contributed by atoms with Gasteiger partial charge in [0.2, 0.25) is 0 Å². The Morgan fingerprint density at radius 3 is 2.00 bits per heavy atom. The van der Waals surface area contributed by atoms with Gasteiger partial charge in [-0.05, 0) is 25.7 Å². The van der Waals surface area contributed by atoms with Crippen LogP contribution in [0.25, 0.3) is 0 Å². The number of rotatable bonds is 1. The molecular weight excluding hydrogens is 201 g/mol. The van der Waals surface area contributed by atoms with E-state index >= 15 is 0 Å². The number of alkyl halides is 3. The number of hydrogen-bond acceptors (Lipinski definition) is 2. The molecule has 0 atom stereocenters. The van der Waals surface area contributed by atoms with Crippen LogP contribution in [0.15, 0.2) is 0 Å². The molecule has 0 spiro atoms. The monoisotopic (exact) mass is 212 g/mol. The Balaban J connectivity index is 2.62. The lowest BCUT2D eigenvalue weighted by Gasteiger charge is -2.35. The first-order valence-corrected chi connectivity index (χ1v) is 4.28. The van der Waals surface area contributed by atoms with Crippen LogP contribution in [0.2, 0.25) is 0 Å². The second-order valence-electron chi connectivity index (χ2n) is 3.64. The third-order valence-electron chi connectivity index (χ3n) is 2.69. The summed E-state index contributed by atoms with van der Waals surface area (Å²) in [5.74, 6) is -1.84.